The van der Waals surface area contributed by atoms with E-state index in [1.54, 1.807) is 12.1 Å². The van der Waals surface area contributed by atoms with Crippen LogP contribution in [0.25, 0.3) is 0 Å². The van der Waals surface area contributed by atoms with Crippen LogP contribution in [-0.2, 0) is 10.4 Å². The van der Waals surface area contributed by atoms with Crippen molar-refractivity contribution in [2.45, 2.75) is 12.0 Å². The van der Waals surface area contributed by atoms with Crippen molar-refractivity contribution < 1.29 is 9.23 Å². The van der Waals surface area contributed by atoms with Crippen molar-refractivity contribution in [1.29, 1.82) is 0 Å². The van der Waals surface area contributed by atoms with E-state index in [0.717, 1.165) is 21.3 Å². The first-order valence-corrected chi connectivity index (χ1v) is 8.56. The summed E-state index contributed by atoms with van der Waals surface area (Å²) in [6.07, 6.45) is 4.70. The molecule has 0 spiro atoms. The lowest BCUT2D eigenvalue weighted by Gasteiger charge is -2.23. The second-order valence-electron chi connectivity index (χ2n) is 5.13. The van der Waals surface area contributed by atoms with E-state index in [4.69, 9.17) is 4.84 Å². The first-order chi connectivity index (χ1) is 10.7. The number of oxime groups is 1. The Labute approximate surface area is 142 Å². The summed E-state index contributed by atoms with van der Waals surface area (Å²) in [6.45, 7) is 0. The summed E-state index contributed by atoms with van der Waals surface area (Å²) < 4.78 is 14.1. The van der Waals surface area contributed by atoms with Crippen molar-refractivity contribution in [2.75, 3.05) is 4.43 Å². The molecule has 3 rings (SSSR count). The topological polar surface area (TPSA) is 21.6 Å². The van der Waals surface area contributed by atoms with E-state index in [0.29, 0.717) is 6.42 Å². The molecule has 0 saturated carbocycles. The third-order valence-corrected chi connectivity index (χ3v) is 4.17. The maximum Gasteiger partial charge on any atom is 0.186 e. The maximum atomic E-state index is 13.2. The highest BCUT2D eigenvalue weighted by Gasteiger charge is 2.39. The van der Waals surface area contributed by atoms with Gasteiger partial charge in [0.1, 0.15) is 5.82 Å². The Morgan fingerprint density at radius 2 is 1.86 bits per heavy atom. The Hall–Kier alpha value is -1.69. The molecule has 4 heteroatoms. The van der Waals surface area contributed by atoms with Gasteiger partial charge in [-0.1, -0.05) is 76.3 Å². The molecule has 1 aliphatic heterocycles. The highest BCUT2D eigenvalue weighted by molar-refractivity contribution is 14.1. The first kappa shape index (κ1) is 15.2. The number of halogens is 2. The third-order valence-electron chi connectivity index (χ3n) is 3.66. The van der Waals surface area contributed by atoms with E-state index >= 15 is 0 Å². The zero-order valence-corrected chi connectivity index (χ0v) is 14.0. The molecule has 0 aliphatic carbocycles. The number of benzene rings is 2. The molecule has 22 heavy (non-hydrogen) atoms. The molecule has 0 bridgehead atoms. The number of hydrogen-bond acceptors (Lipinski definition) is 2. The number of alkyl halides is 1. The quantitative estimate of drug-likeness (QED) is 0.404. The number of allylic oxidation sites excluding steroid dienone is 1. The summed E-state index contributed by atoms with van der Waals surface area (Å²) in [5, 5.41) is 4.28. The predicted octanol–water partition coefficient (Wildman–Crippen LogP) is 4.84. The minimum Gasteiger partial charge on any atom is -0.379 e. The van der Waals surface area contributed by atoms with Gasteiger partial charge in [-0.2, -0.15) is 0 Å². The molecule has 1 atom stereocenters. The summed E-state index contributed by atoms with van der Waals surface area (Å²) in [5.41, 5.74) is 2.21. The Balaban J connectivity index is 1.94. The van der Waals surface area contributed by atoms with E-state index in [1.165, 1.54) is 12.1 Å². The monoisotopic (exact) mass is 407 g/mol. The average Bonchev–Trinajstić information content (AvgIpc) is 3.00. The number of nitrogens with zero attached hydrogens (tertiary/aromatic N) is 1. The van der Waals surface area contributed by atoms with Crippen LogP contribution in [0.5, 0.6) is 0 Å². The second-order valence-corrected chi connectivity index (χ2v) is 6.01. The summed E-state index contributed by atoms with van der Waals surface area (Å²) in [7, 11) is 0. The Bertz CT molecular complexity index is 697. The number of rotatable bonds is 4. The van der Waals surface area contributed by atoms with Gasteiger partial charge in [0.15, 0.2) is 5.60 Å². The van der Waals surface area contributed by atoms with E-state index in [-0.39, 0.29) is 5.82 Å². The van der Waals surface area contributed by atoms with Crippen LogP contribution in [0.2, 0.25) is 0 Å². The second kappa shape index (κ2) is 6.60. The minimum absolute atomic E-state index is 0.251. The van der Waals surface area contributed by atoms with Gasteiger partial charge >= 0.3 is 0 Å². The van der Waals surface area contributed by atoms with Gasteiger partial charge in [0.05, 0.1) is 5.71 Å². The highest BCUT2D eigenvalue weighted by Crippen LogP contribution is 2.38. The standard InChI is InChI=1S/C18H15FINO/c19-16-9-7-15(8-10-16)18(11-4-12-20)13-17(21-22-18)14-5-2-1-3-6-14/h1-11H,12-13H2/b11-4+/t18-/m0/s1. The van der Waals surface area contributed by atoms with Gasteiger partial charge in [0.25, 0.3) is 0 Å². The SMILES string of the molecule is Fc1ccc([C@]2(/C=C/CI)CC(c3ccccc3)=NO2)cc1. The van der Waals surface area contributed by atoms with Crippen LogP contribution >= 0.6 is 22.6 Å². The molecule has 2 aromatic carbocycles. The van der Waals surface area contributed by atoms with E-state index in [2.05, 4.69) is 27.7 Å². The van der Waals surface area contributed by atoms with Crippen molar-refractivity contribution >= 4 is 28.3 Å². The summed E-state index contributed by atoms with van der Waals surface area (Å²) in [4.78, 5) is 5.81. The lowest BCUT2D eigenvalue weighted by atomic mass is 9.87. The first-order valence-electron chi connectivity index (χ1n) is 7.04. The van der Waals surface area contributed by atoms with Crippen LogP contribution in [0.15, 0.2) is 71.9 Å². The summed E-state index contributed by atoms with van der Waals surface area (Å²) in [5.74, 6) is -0.251. The number of hydrogen-bond donors (Lipinski definition) is 0. The van der Waals surface area contributed by atoms with Crippen LogP contribution in [0.3, 0.4) is 0 Å². The lowest BCUT2D eigenvalue weighted by Crippen LogP contribution is -2.24. The molecule has 0 fully saturated rings. The fourth-order valence-electron chi connectivity index (χ4n) is 2.54. The Morgan fingerprint density at radius 3 is 2.55 bits per heavy atom. The van der Waals surface area contributed by atoms with Crippen molar-refractivity contribution in [1.82, 2.24) is 0 Å². The normalized spacial score (nSPS) is 20.9. The van der Waals surface area contributed by atoms with Crippen molar-refractivity contribution in [3.8, 4) is 0 Å². The molecule has 0 unspecified atom stereocenters. The van der Waals surface area contributed by atoms with E-state index in [9.17, 15) is 4.39 Å². The van der Waals surface area contributed by atoms with Gasteiger partial charge in [-0.25, -0.2) is 4.39 Å². The molecule has 0 radical (unpaired) electrons. The lowest BCUT2D eigenvalue weighted by molar-refractivity contribution is 0.0176. The van der Waals surface area contributed by atoms with Crippen molar-refractivity contribution in [3.05, 3.63) is 83.7 Å². The summed E-state index contributed by atoms with van der Waals surface area (Å²) >= 11 is 2.28. The maximum absolute atomic E-state index is 13.2. The van der Waals surface area contributed by atoms with Gasteiger partial charge in [-0.15, -0.1) is 0 Å². The summed E-state index contributed by atoms with van der Waals surface area (Å²) in [6, 6.07) is 16.4. The van der Waals surface area contributed by atoms with E-state index < -0.39 is 5.60 Å². The fraction of sp³-hybridized carbons (Fsp3) is 0.167. The van der Waals surface area contributed by atoms with Gasteiger partial charge in [-0.05, 0) is 23.8 Å². The molecule has 0 amide bonds. The minimum atomic E-state index is -0.649. The molecule has 0 aromatic heterocycles. The van der Waals surface area contributed by atoms with Crippen LogP contribution in [-0.4, -0.2) is 10.1 Å². The fourth-order valence-corrected chi connectivity index (χ4v) is 2.80. The molecule has 0 N–H and O–H groups in total. The molecule has 2 aromatic rings. The molecule has 112 valence electrons. The molecule has 1 heterocycles. The van der Waals surface area contributed by atoms with Gasteiger partial charge in [0, 0.05) is 16.4 Å². The Kier molecular flexibility index (Phi) is 4.57. The van der Waals surface area contributed by atoms with Crippen LogP contribution in [0.4, 0.5) is 4.39 Å². The Morgan fingerprint density at radius 1 is 1.14 bits per heavy atom. The molecular weight excluding hydrogens is 392 g/mol. The molecular formula is C18H15FINO. The molecule has 2 nitrogen and oxygen atoms in total. The smallest absolute Gasteiger partial charge is 0.186 e. The van der Waals surface area contributed by atoms with Crippen LogP contribution < -0.4 is 0 Å². The van der Waals surface area contributed by atoms with Crippen molar-refractivity contribution in [2.24, 2.45) is 5.16 Å². The average molecular weight is 407 g/mol. The largest absolute Gasteiger partial charge is 0.379 e. The van der Waals surface area contributed by atoms with E-state index in [1.807, 2.05) is 42.5 Å². The van der Waals surface area contributed by atoms with Crippen LogP contribution in [0.1, 0.15) is 17.5 Å². The molecule has 1 aliphatic rings. The van der Waals surface area contributed by atoms with Crippen LogP contribution in [0, 0.1) is 5.82 Å². The van der Waals surface area contributed by atoms with Gasteiger partial charge in [0.2, 0.25) is 0 Å². The predicted molar refractivity (Wildman–Crippen MR) is 94.8 cm³/mol. The third kappa shape index (κ3) is 3.06. The zero-order valence-electron chi connectivity index (χ0n) is 11.9. The van der Waals surface area contributed by atoms with Gasteiger partial charge in [-0.3, -0.25) is 0 Å². The highest BCUT2D eigenvalue weighted by atomic mass is 127. The zero-order chi connectivity index (χ0) is 15.4. The van der Waals surface area contributed by atoms with Crippen molar-refractivity contribution in [3.63, 3.8) is 0 Å². The molecule has 0 saturated heterocycles. The van der Waals surface area contributed by atoms with Gasteiger partial charge < -0.3 is 4.84 Å².